The van der Waals surface area contributed by atoms with Crippen LogP contribution in [0.1, 0.15) is 20.3 Å². The summed E-state index contributed by atoms with van der Waals surface area (Å²) in [4.78, 5) is 2.33. The largest absolute Gasteiger partial charge is 0.390 e. The van der Waals surface area contributed by atoms with E-state index in [1.807, 2.05) is 0 Å². The number of aliphatic hydroxyl groups excluding tert-OH is 1. The Morgan fingerprint density at radius 1 is 1.50 bits per heavy atom. The van der Waals surface area contributed by atoms with E-state index in [0.717, 1.165) is 19.5 Å². The van der Waals surface area contributed by atoms with Gasteiger partial charge in [-0.2, -0.15) is 0 Å². The van der Waals surface area contributed by atoms with Crippen molar-refractivity contribution in [2.75, 3.05) is 20.2 Å². The molecule has 0 amide bonds. The molecule has 0 aromatic carbocycles. The molecule has 1 saturated heterocycles. The fourth-order valence-corrected chi connectivity index (χ4v) is 1.63. The van der Waals surface area contributed by atoms with Gasteiger partial charge >= 0.3 is 0 Å². The molecule has 0 saturated carbocycles. The fourth-order valence-electron chi connectivity index (χ4n) is 1.63. The van der Waals surface area contributed by atoms with E-state index in [-0.39, 0.29) is 12.2 Å². The van der Waals surface area contributed by atoms with Crippen molar-refractivity contribution < 1.29 is 9.84 Å². The van der Waals surface area contributed by atoms with Gasteiger partial charge in [0, 0.05) is 26.2 Å². The molecule has 1 aliphatic heterocycles. The number of aliphatic hydroxyl groups is 1. The van der Waals surface area contributed by atoms with Crippen LogP contribution in [0.5, 0.6) is 0 Å². The molecule has 0 aliphatic carbocycles. The summed E-state index contributed by atoms with van der Waals surface area (Å²) in [6.07, 6.45) is 0.558. The van der Waals surface area contributed by atoms with E-state index < -0.39 is 0 Å². The Morgan fingerprint density at radius 2 is 2.17 bits per heavy atom. The predicted octanol–water partition coefficient (Wildman–Crippen LogP) is 0.476. The highest BCUT2D eigenvalue weighted by Gasteiger charge is 2.28. The minimum Gasteiger partial charge on any atom is -0.390 e. The lowest BCUT2D eigenvalue weighted by atomic mass is 10.0. The van der Waals surface area contributed by atoms with Gasteiger partial charge in [-0.1, -0.05) is 0 Å². The first kappa shape index (κ1) is 9.96. The molecule has 1 N–H and O–H groups in total. The van der Waals surface area contributed by atoms with Crippen molar-refractivity contribution in [2.45, 2.75) is 38.5 Å². The Hall–Kier alpha value is -0.120. The highest BCUT2D eigenvalue weighted by atomic mass is 16.5. The first-order valence-electron chi connectivity index (χ1n) is 4.60. The second-order valence-electron chi connectivity index (χ2n) is 3.72. The zero-order valence-electron chi connectivity index (χ0n) is 8.16. The van der Waals surface area contributed by atoms with Crippen molar-refractivity contribution >= 4 is 0 Å². The molecule has 12 heavy (non-hydrogen) atoms. The molecular weight excluding hydrogens is 154 g/mol. The Labute approximate surface area is 74.3 Å². The Bertz CT molecular complexity index is 138. The summed E-state index contributed by atoms with van der Waals surface area (Å²) in [5.74, 6) is 0. The topological polar surface area (TPSA) is 32.7 Å². The number of rotatable bonds is 2. The quantitative estimate of drug-likeness (QED) is 0.659. The number of ether oxygens (including phenoxy) is 1. The summed E-state index contributed by atoms with van der Waals surface area (Å²) in [5, 5.41) is 9.52. The van der Waals surface area contributed by atoms with Gasteiger partial charge < -0.3 is 9.84 Å². The number of likely N-dealkylation sites (tertiary alicyclic amines) is 1. The summed E-state index contributed by atoms with van der Waals surface area (Å²) >= 11 is 0. The molecule has 0 spiro atoms. The molecule has 72 valence electrons. The van der Waals surface area contributed by atoms with Crippen LogP contribution in [0, 0.1) is 0 Å². The van der Waals surface area contributed by atoms with Crippen LogP contribution < -0.4 is 0 Å². The third-order valence-corrected chi connectivity index (χ3v) is 2.59. The van der Waals surface area contributed by atoms with Crippen molar-refractivity contribution in [1.82, 2.24) is 4.90 Å². The van der Waals surface area contributed by atoms with Gasteiger partial charge in [0.25, 0.3) is 0 Å². The molecule has 0 aromatic rings. The minimum absolute atomic E-state index is 0.00106. The van der Waals surface area contributed by atoms with Crippen molar-refractivity contribution in [3.8, 4) is 0 Å². The predicted molar refractivity (Wildman–Crippen MR) is 48.1 cm³/mol. The van der Waals surface area contributed by atoms with E-state index in [9.17, 15) is 5.11 Å². The van der Waals surface area contributed by atoms with Gasteiger partial charge in [0.1, 0.15) is 0 Å². The van der Waals surface area contributed by atoms with Crippen LogP contribution in [0.3, 0.4) is 0 Å². The van der Waals surface area contributed by atoms with Crippen LogP contribution in [-0.4, -0.2) is 48.5 Å². The second-order valence-corrected chi connectivity index (χ2v) is 3.72. The third kappa shape index (κ3) is 2.19. The molecule has 3 nitrogen and oxygen atoms in total. The minimum atomic E-state index is -0.273. The Balaban J connectivity index is 2.44. The summed E-state index contributed by atoms with van der Waals surface area (Å²) in [7, 11) is 1.66. The molecule has 1 fully saturated rings. The normalized spacial score (nSPS) is 32.8. The maximum Gasteiger partial charge on any atom is 0.0957 e. The molecule has 0 radical (unpaired) electrons. The molecule has 1 aliphatic rings. The van der Waals surface area contributed by atoms with E-state index >= 15 is 0 Å². The molecule has 0 bridgehead atoms. The SMILES string of the molecule is CO[C@@H]1CN(C(C)C)CC[C@@H]1O. The van der Waals surface area contributed by atoms with Crippen molar-refractivity contribution in [3.05, 3.63) is 0 Å². The van der Waals surface area contributed by atoms with Gasteiger partial charge in [0.2, 0.25) is 0 Å². The fraction of sp³-hybridized carbons (Fsp3) is 1.00. The van der Waals surface area contributed by atoms with E-state index in [2.05, 4.69) is 18.7 Å². The number of nitrogens with zero attached hydrogens (tertiary/aromatic N) is 1. The van der Waals surface area contributed by atoms with Crippen LogP contribution in [-0.2, 0) is 4.74 Å². The van der Waals surface area contributed by atoms with Gasteiger partial charge in [-0.25, -0.2) is 0 Å². The highest BCUT2D eigenvalue weighted by Crippen LogP contribution is 2.15. The molecule has 3 heteroatoms. The van der Waals surface area contributed by atoms with E-state index in [4.69, 9.17) is 4.74 Å². The molecule has 0 aromatic heterocycles. The van der Waals surface area contributed by atoms with Gasteiger partial charge in [-0.15, -0.1) is 0 Å². The van der Waals surface area contributed by atoms with E-state index in [1.165, 1.54) is 0 Å². The first-order valence-corrected chi connectivity index (χ1v) is 4.60. The monoisotopic (exact) mass is 173 g/mol. The van der Waals surface area contributed by atoms with Crippen LogP contribution in [0.2, 0.25) is 0 Å². The zero-order valence-corrected chi connectivity index (χ0v) is 8.16. The number of hydrogen-bond donors (Lipinski definition) is 1. The van der Waals surface area contributed by atoms with E-state index in [0.29, 0.717) is 6.04 Å². The van der Waals surface area contributed by atoms with E-state index in [1.54, 1.807) is 7.11 Å². The number of methoxy groups -OCH3 is 1. The second kappa shape index (κ2) is 4.21. The maximum atomic E-state index is 9.52. The standard InChI is InChI=1S/C9H19NO2/c1-7(2)10-5-4-8(11)9(6-10)12-3/h7-9,11H,4-6H2,1-3H3/t8-,9+/m0/s1. The lowest BCUT2D eigenvalue weighted by Gasteiger charge is -2.37. The van der Waals surface area contributed by atoms with Crippen LogP contribution in [0.25, 0.3) is 0 Å². The number of hydrogen-bond acceptors (Lipinski definition) is 3. The zero-order chi connectivity index (χ0) is 9.14. The van der Waals surface area contributed by atoms with Crippen LogP contribution in [0.4, 0.5) is 0 Å². The average molecular weight is 173 g/mol. The highest BCUT2D eigenvalue weighted by molar-refractivity contribution is 4.81. The lowest BCUT2D eigenvalue weighted by Crippen LogP contribution is -2.49. The Morgan fingerprint density at radius 3 is 2.67 bits per heavy atom. The average Bonchev–Trinajstić information content (AvgIpc) is 2.05. The molecular formula is C9H19NO2. The van der Waals surface area contributed by atoms with Gasteiger partial charge in [0.05, 0.1) is 12.2 Å². The first-order chi connectivity index (χ1) is 5.65. The van der Waals surface area contributed by atoms with Gasteiger partial charge in [-0.3, -0.25) is 4.90 Å². The van der Waals surface area contributed by atoms with Gasteiger partial charge in [0.15, 0.2) is 0 Å². The van der Waals surface area contributed by atoms with Crippen molar-refractivity contribution in [1.29, 1.82) is 0 Å². The summed E-state index contributed by atoms with van der Waals surface area (Å²) in [5.41, 5.74) is 0. The molecule has 1 heterocycles. The maximum absolute atomic E-state index is 9.52. The Kier molecular flexibility index (Phi) is 3.50. The summed E-state index contributed by atoms with van der Waals surface area (Å²) in [6, 6.07) is 0.551. The van der Waals surface area contributed by atoms with Crippen LogP contribution >= 0.6 is 0 Å². The van der Waals surface area contributed by atoms with Crippen molar-refractivity contribution in [3.63, 3.8) is 0 Å². The number of piperidine rings is 1. The molecule has 2 atom stereocenters. The molecule has 0 unspecified atom stereocenters. The summed E-state index contributed by atoms with van der Waals surface area (Å²) in [6.45, 7) is 6.18. The van der Waals surface area contributed by atoms with Gasteiger partial charge in [-0.05, 0) is 20.3 Å². The summed E-state index contributed by atoms with van der Waals surface area (Å²) < 4.78 is 5.19. The van der Waals surface area contributed by atoms with Crippen LogP contribution in [0.15, 0.2) is 0 Å². The lowest BCUT2D eigenvalue weighted by molar-refractivity contribution is -0.0668. The smallest absolute Gasteiger partial charge is 0.0957 e. The third-order valence-electron chi connectivity index (χ3n) is 2.59. The van der Waals surface area contributed by atoms with Crippen molar-refractivity contribution in [2.24, 2.45) is 0 Å². The molecule has 1 rings (SSSR count).